The predicted octanol–water partition coefficient (Wildman–Crippen LogP) is 2.93. The van der Waals surface area contributed by atoms with Crippen LogP contribution < -0.4 is 20.3 Å². The van der Waals surface area contributed by atoms with Crippen LogP contribution in [0.15, 0.2) is 59.0 Å². The Labute approximate surface area is 159 Å². The lowest BCUT2D eigenvalue weighted by molar-refractivity contribution is 0.0831. The first-order chi connectivity index (χ1) is 13.6. The van der Waals surface area contributed by atoms with Gasteiger partial charge in [-0.15, -0.1) is 0 Å². The third-order valence-electron chi connectivity index (χ3n) is 4.05. The average molecular weight is 382 g/mol. The molecule has 7 nitrogen and oxygen atoms in total. The molecule has 8 heteroatoms. The molecule has 4 rings (SSSR count). The van der Waals surface area contributed by atoms with Crippen LogP contribution >= 0.6 is 0 Å². The molecule has 0 saturated heterocycles. The molecule has 0 radical (unpaired) electrons. The van der Waals surface area contributed by atoms with Gasteiger partial charge >= 0.3 is 5.91 Å². The highest BCUT2D eigenvalue weighted by Gasteiger charge is 2.17. The monoisotopic (exact) mass is 382 g/mol. The smallest absolute Gasteiger partial charge is 0.305 e. The number of nitrogens with one attached hydrogen (secondary N) is 2. The summed E-state index contributed by atoms with van der Waals surface area (Å²) in [4.78, 5) is 24.4. The minimum absolute atomic E-state index is 0.00167. The van der Waals surface area contributed by atoms with Gasteiger partial charge in [0.1, 0.15) is 24.8 Å². The maximum absolute atomic E-state index is 13.0. The van der Waals surface area contributed by atoms with Crippen LogP contribution in [0.25, 0.3) is 11.3 Å². The second kappa shape index (κ2) is 7.43. The fraction of sp³-hybridized carbons (Fsp3) is 0.100. The summed E-state index contributed by atoms with van der Waals surface area (Å²) < 4.78 is 29.3. The molecule has 1 aliphatic rings. The molecule has 2 N–H and O–H groups in total. The Balaban J connectivity index is 1.39. The molecule has 0 spiro atoms. The van der Waals surface area contributed by atoms with E-state index in [0.717, 1.165) is 0 Å². The van der Waals surface area contributed by atoms with Gasteiger partial charge < -0.3 is 13.9 Å². The van der Waals surface area contributed by atoms with Gasteiger partial charge in [0.2, 0.25) is 0 Å². The molecule has 0 unspecified atom stereocenters. The quantitative estimate of drug-likeness (QED) is 0.680. The molecular weight excluding hydrogens is 367 g/mol. The van der Waals surface area contributed by atoms with E-state index in [-0.39, 0.29) is 11.6 Å². The molecule has 0 aliphatic carbocycles. The summed E-state index contributed by atoms with van der Waals surface area (Å²) in [5.74, 6) is -0.0638. The number of carbonyl (C=O) groups is 2. The van der Waals surface area contributed by atoms with Gasteiger partial charge in [0.25, 0.3) is 5.91 Å². The minimum Gasteiger partial charge on any atom is -0.486 e. The number of hydrogen-bond acceptors (Lipinski definition) is 5. The molecule has 0 bridgehead atoms. The van der Waals surface area contributed by atoms with Crippen LogP contribution in [0.2, 0.25) is 0 Å². The molecule has 28 heavy (non-hydrogen) atoms. The number of hydrogen-bond donors (Lipinski definition) is 2. The van der Waals surface area contributed by atoms with Crippen molar-refractivity contribution < 1.29 is 27.9 Å². The normalized spacial score (nSPS) is 12.3. The molecule has 2 amide bonds. The van der Waals surface area contributed by atoms with Gasteiger partial charge in [-0.3, -0.25) is 20.4 Å². The summed E-state index contributed by atoms with van der Waals surface area (Å²) in [5.41, 5.74) is 5.53. The van der Waals surface area contributed by atoms with Crippen molar-refractivity contribution in [3.63, 3.8) is 0 Å². The molecule has 1 aliphatic heterocycles. The van der Waals surface area contributed by atoms with Crippen molar-refractivity contribution in [3.05, 3.63) is 71.7 Å². The van der Waals surface area contributed by atoms with E-state index < -0.39 is 11.8 Å². The minimum atomic E-state index is -0.626. The predicted molar refractivity (Wildman–Crippen MR) is 96.5 cm³/mol. The molecule has 1 aromatic heterocycles. The first kappa shape index (κ1) is 17.6. The van der Waals surface area contributed by atoms with Crippen molar-refractivity contribution in [2.24, 2.45) is 0 Å². The summed E-state index contributed by atoms with van der Waals surface area (Å²) in [7, 11) is 0. The maximum Gasteiger partial charge on any atom is 0.305 e. The molecule has 142 valence electrons. The molecule has 3 aromatic rings. The zero-order valence-electron chi connectivity index (χ0n) is 14.5. The van der Waals surface area contributed by atoms with E-state index in [9.17, 15) is 14.0 Å². The van der Waals surface area contributed by atoms with Gasteiger partial charge in [-0.25, -0.2) is 4.39 Å². The van der Waals surface area contributed by atoms with Gasteiger partial charge in [0.15, 0.2) is 17.3 Å². The summed E-state index contributed by atoms with van der Waals surface area (Å²) in [5, 5.41) is 0. The van der Waals surface area contributed by atoms with E-state index in [1.165, 1.54) is 24.3 Å². The van der Waals surface area contributed by atoms with Crippen molar-refractivity contribution in [1.82, 2.24) is 10.9 Å². The van der Waals surface area contributed by atoms with Gasteiger partial charge in [-0.1, -0.05) is 0 Å². The van der Waals surface area contributed by atoms with E-state index in [1.807, 2.05) is 0 Å². The lowest BCUT2D eigenvalue weighted by Crippen LogP contribution is -2.41. The number of amides is 2. The van der Waals surface area contributed by atoms with Gasteiger partial charge in [-0.2, -0.15) is 0 Å². The molecule has 2 aromatic carbocycles. The number of halogens is 1. The number of fused-ring (bicyclic) bond motifs is 1. The third-order valence-corrected chi connectivity index (χ3v) is 4.05. The highest BCUT2D eigenvalue weighted by molar-refractivity contribution is 5.98. The average Bonchev–Trinajstić information content (AvgIpc) is 3.22. The first-order valence-corrected chi connectivity index (χ1v) is 8.46. The number of rotatable bonds is 3. The maximum atomic E-state index is 13.0. The van der Waals surface area contributed by atoms with Crippen molar-refractivity contribution in [2.75, 3.05) is 13.2 Å². The highest BCUT2D eigenvalue weighted by Crippen LogP contribution is 2.30. The second-order valence-corrected chi connectivity index (χ2v) is 5.94. The summed E-state index contributed by atoms with van der Waals surface area (Å²) in [6, 6.07) is 13.5. The Morgan fingerprint density at radius 2 is 1.54 bits per heavy atom. The van der Waals surface area contributed by atoms with E-state index in [0.29, 0.717) is 41.6 Å². The van der Waals surface area contributed by atoms with Crippen molar-refractivity contribution >= 4 is 11.8 Å². The summed E-state index contributed by atoms with van der Waals surface area (Å²) in [6.07, 6.45) is 0. The molecule has 0 atom stereocenters. The molecule has 2 heterocycles. The van der Waals surface area contributed by atoms with Crippen molar-refractivity contribution in [2.45, 2.75) is 0 Å². The van der Waals surface area contributed by atoms with Crippen LogP contribution in [-0.4, -0.2) is 25.0 Å². The topological polar surface area (TPSA) is 89.8 Å². The lowest BCUT2D eigenvalue weighted by atomic mass is 10.2. The standard InChI is InChI=1S/C20H15FN2O5/c21-14-4-1-12(2-5-14)15-7-8-17(28-15)20(25)23-22-19(24)13-3-6-16-18(11-13)27-10-9-26-16/h1-8,11H,9-10H2,(H,22,24)(H,23,25). The van der Waals surface area contributed by atoms with Crippen LogP contribution in [0, 0.1) is 5.82 Å². The number of furan rings is 1. The third kappa shape index (κ3) is 3.66. The zero-order chi connectivity index (χ0) is 19.5. The Morgan fingerprint density at radius 3 is 2.32 bits per heavy atom. The van der Waals surface area contributed by atoms with Gasteiger partial charge in [-0.05, 0) is 54.6 Å². The number of hydrazine groups is 1. The highest BCUT2D eigenvalue weighted by atomic mass is 19.1. The van der Waals surface area contributed by atoms with Crippen LogP contribution in [0.5, 0.6) is 11.5 Å². The zero-order valence-corrected chi connectivity index (χ0v) is 14.5. The van der Waals surface area contributed by atoms with Gasteiger partial charge in [0, 0.05) is 11.1 Å². The van der Waals surface area contributed by atoms with Gasteiger partial charge in [0.05, 0.1) is 0 Å². The van der Waals surface area contributed by atoms with E-state index in [4.69, 9.17) is 13.9 Å². The van der Waals surface area contributed by atoms with E-state index >= 15 is 0 Å². The summed E-state index contributed by atoms with van der Waals surface area (Å²) in [6.45, 7) is 0.862. The van der Waals surface area contributed by atoms with Crippen molar-refractivity contribution in [3.8, 4) is 22.8 Å². The molecule has 0 fully saturated rings. The number of ether oxygens (including phenoxy) is 2. The van der Waals surface area contributed by atoms with Crippen LogP contribution in [0.3, 0.4) is 0 Å². The Hall–Kier alpha value is -3.81. The van der Waals surface area contributed by atoms with E-state index in [1.54, 1.807) is 30.3 Å². The number of benzene rings is 2. The SMILES string of the molecule is O=C(NNC(=O)c1ccc(-c2ccc(F)cc2)o1)c1ccc2c(c1)OCCO2. The van der Waals surface area contributed by atoms with Crippen molar-refractivity contribution in [1.29, 1.82) is 0 Å². The number of carbonyl (C=O) groups excluding carboxylic acids is 2. The molecule has 0 saturated carbocycles. The Morgan fingerprint density at radius 1 is 0.821 bits per heavy atom. The van der Waals surface area contributed by atoms with Crippen LogP contribution in [0.4, 0.5) is 4.39 Å². The Bertz CT molecular complexity index is 1030. The first-order valence-electron chi connectivity index (χ1n) is 8.46. The van der Waals surface area contributed by atoms with Crippen LogP contribution in [-0.2, 0) is 0 Å². The van der Waals surface area contributed by atoms with Crippen LogP contribution in [0.1, 0.15) is 20.9 Å². The second-order valence-electron chi connectivity index (χ2n) is 5.94. The Kier molecular flexibility index (Phi) is 4.67. The van der Waals surface area contributed by atoms with E-state index in [2.05, 4.69) is 10.9 Å². The summed E-state index contributed by atoms with van der Waals surface area (Å²) >= 11 is 0. The fourth-order valence-corrected chi connectivity index (χ4v) is 2.66. The largest absolute Gasteiger partial charge is 0.486 e. The molecular formula is C20H15FN2O5. The lowest BCUT2D eigenvalue weighted by Gasteiger charge is -2.18. The fourth-order valence-electron chi connectivity index (χ4n) is 2.66.